The van der Waals surface area contributed by atoms with E-state index in [1.165, 1.54) is 57.8 Å². The number of allylic oxidation sites excluding steroid dienone is 17. The van der Waals surface area contributed by atoms with Crippen LogP contribution in [-0.4, -0.2) is 12.1 Å². The second-order valence-corrected chi connectivity index (χ2v) is 19.7. The number of hydrogen-bond acceptors (Lipinski definition) is 2. The number of rotatable bonds is 26. The third kappa shape index (κ3) is 16.2. The largest absolute Gasteiger partial charge is 0.462 e. The molecular weight excluding hydrogens is 717 g/mol. The Morgan fingerprint density at radius 3 is 1.78 bits per heavy atom. The third-order valence-corrected chi connectivity index (χ3v) is 15.0. The molecule has 328 valence electrons. The standard InChI is InChI=1S/C57H88O2/c1-7-8-9-10-11-12-13-14-15-16-17-18-19-20-21-22-23-24-25-26-27-28-29-30-31-32-33-37-55(58)59-50-42-44-56(5)49(46-50)38-39-51-53-41-40-52(48(4)36-34-35-47(2)3)57(53,6)45-43-54(51)56/h8-9,11-12,14-15,17-18,20-21,23-24,26-27,29-30,38,47-48,50-54H,7,10,13,16,19,22,25,28,31-37,39-46H2,1-6H3/b9-8-,12-11-,15-14-,18-17-,21-20-,24-23-,27-26-,30-29-. The minimum atomic E-state index is 0.0159. The predicted octanol–water partition coefficient (Wildman–Crippen LogP) is 17.1. The Morgan fingerprint density at radius 2 is 1.22 bits per heavy atom. The molecule has 0 aromatic rings. The smallest absolute Gasteiger partial charge is 0.306 e. The SMILES string of the molecule is CC/C=C\C/C=C\C/C=C\C/C=C\C/C=C\C/C=C\C/C=C\C/C=C\CCCCC(=O)OC1CCC2(C)C(=CCC3C2CCC2(C)C(C(C)CCCC(C)C)CCC32)C1. The summed E-state index contributed by atoms with van der Waals surface area (Å²) in [6, 6.07) is 0. The monoisotopic (exact) mass is 805 g/mol. The molecule has 0 radical (unpaired) electrons. The average Bonchev–Trinajstić information content (AvgIpc) is 3.58. The van der Waals surface area contributed by atoms with Crippen LogP contribution in [0.3, 0.4) is 0 Å². The van der Waals surface area contributed by atoms with Crippen molar-refractivity contribution >= 4 is 5.97 Å². The normalized spacial score (nSPS) is 29.3. The van der Waals surface area contributed by atoms with Gasteiger partial charge in [0.05, 0.1) is 0 Å². The van der Waals surface area contributed by atoms with Gasteiger partial charge in [-0.05, 0) is 162 Å². The first-order chi connectivity index (χ1) is 28.7. The molecule has 8 unspecified atom stereocenters. The number of carbonyl (C=O) groups is 1. The van der Waals surface area contributed by atoms with Crippen molar-refractivity contribution in [2.45, 2.75) is 195 Å². The van der Waals surface area contributed by atoms with Crippen LogP contribution in [0.25, 0.3) is 0 Å². The minimum Gasteiger partial charge on any atom is -0.462 e. The van der Waals surface area contributed by atoms with Crippen LogP contribution in [-0.2, 0) is 9.53 Å². The van der Waals surface area contributed by atoms with Crippen molar-refractivity contribution in [2.24, 2.45) is 46.3 Å². The lowest BCUT2D eigenvalue weighted by molar-refractivity contribution is -0.151. The molecule has 0 bridgehead atoms. The van der Waals surface area contributed by atoms with Gasteiger partial charge < -0.3 is 4.74 Å². The molecule has 8 atom stereocenters. The Labute approximate surface area is 364 Å². The first-order valence-corrected chi connectivity index (χ1v) is 24.8. The second-order valence-electron chi connectivity index (χ2n) is 19.7. The van der Waals surface area contributed by atoms with Gasteiger partial charge in [-0.3, -0.25) is 4.79 Å². The summed E-state index contributed by atoms with van der Waals surface area (Å²) in [4.78, 5) is 12.9. The van der Waals surface area contributed by atoms with Gasteiger partial charge in [-0.25, -0.2) is 0 Å². The van der Waals surface area contributed by atoms with Gasteiger partial charge in [0.25, 0.3) is 0 Å². The van der Waals surface area contributed by atoms with E-state index in [1.807, 2.05) is 0 Å². The summed E-state index contributed by atoms with van der Waals surface area (Å²) >= 11 is 0. The van der Waals surface area contributed by atoms with Gasteiger partial charge in [0.15, 0.2) is 0 Å². The number of esters is 1. The van der Waals surface area contributed by atoms with Crippen molar-refractivity contribution in [1.82, 2.24) is 0 Å². The molecule has 3 saturated carbocycles. The lowest BCUT2D eigenvalue weighted by atomic mass is 9.47. The predicted molar refractivity (Wildman–Crippen MR) is 257 cm³/mol. The fraction of sp³-hybridized carbons (Fsp3) is 0.667. The fourth-order valence-corrected chi connectivity index (χ4v) is 11.7. The van der Waals surface area contributed by atoms with Gasteiger partial charge in [0, 0.05) is 12.8 Å². The Kier molecular flexibility index (Phi) is 22.5. The molecule has 4 aliphatic rings. The van der Waals surface area contributed by atoms with Crippen LogP contribution in [0.4, 0.5) is 0 Å². The van der Waals surface area contributed by atoms with Crippen molar-refractivity contribution in [3.63, 3.8) is 0 Å². The van der Waals surface area contributed by atoms with Crippen molar-refractivity contribution in [2.75, 3.05) is 0 Å². The summed E-state index contributed by atoms with van der Waals surface area (Å²) < 4.78 is 6.13. The highest BCUT2D eigenvalue weighted by atomic mass is 16.5. The Hall–Kier alpha value is -2.87. The molecule has 0 N–H and O–H groups in total. The molecule has 59 heavy (non-hydrogen) atoms. The molecule has 0 aromatic carbocycles. The third-order valence-electron chi connectivity index (χ3n) is 15.0. The molecular formula is C57H88O2. The lowest BCUT2D eigenvalue weighted by Gasteiger charge is -2.58. The zero-order chi connectivity index (χ0) is 42.2. The summed E-state index contributed by atoms with van der Waals surface area (Å²) in [5.41, 5.74) is 2.47. The van der Waals surface area contributed by atoms with Crippen LogP contribution in [0.2, 0.25) is 0 Å². The summed E-state index contributed by atoms with van der Waals surface area (Å²) in [7, 11) is 0. The van der Waals surface area contributed by atoms with Gasteiger partial charge >= 0.3 is 5.97 Å². The van der Waals surface area contributed by atoms with Crippen LogP contribution >= 0.6 is 0 Å². The second kappa shape index (κ2) is 27.2. The Bertz CT molecular complexity index is 1480. The number of hydrogen-bond donors (Lipinski definition) is 0. The zero-order valence-corrected chi connectivity index (χ0v) is 38.9. The van der Waals surface area contributed by atoms with E-state index in [9.17, 15) is 4.79 Å². The summed E-state index contributed by atoms with van der Waals surface area (Å²) in [6.07, 6.45) is 64.7. The van der Waals surface area contributed by atoms with Crippen molar-refractivity contribution < 1.29 is 9.53 Å². The van der Waals surface area contributed by atoms with E-state index in [-0.39, 0.29) is 12.1 Å². The zero-order valence-electron chi connectivity index (χ0n) is 38.9. The molecule has 3 fully saturated rings. The molecule has 2 heteroatoms. The molecule has 0 aliphatic heterocycles. The first-order valence-electron chi connectivity index (χ1n) is 24.8. The molecule has 0 aromatic heterocycles. The maximum atomic E-state index is 12.9. The number of fused-ring (bicyclic) bond motifs is 5. The molecule has 2 nitrogen and oxygen atoms in total. The topological polar surface area (TPSA) is 26.3 Å². The summed E-state index contributed by atoms with van der Waals surface area (Å²) in [6.45, 7) is 14.8. The molecule has 4 rings (SSSR count). The average molecular weight is 805 g/mol. The number of ether oxygens (including phenoxy) is 1. The number of carbonyl (C=O) groups excluding carboxylic acids is 1. The van der Waals surface area contributed by atoms with Gasteiger partial charge in [-0.1, -0.05) is 170 Å². The highest BCUT2D eigenvalue weighted by Crippen LogP contribution is 2.67. The summed E-state index contributed by atoms with van der Waals surface area (Å²) in [5.74, 6) is 5.19. The lowest BCUT2D eigenvalue weighted by Crippen LogP contribution is -2.51. The van der Waals surface area contributed by atoms with Crippen LogP contribution in [0.15, 0.2) is 109 Å². The van der Waals surface area contributed by atoms with Gasteiger partial charge in [-0.2, -0.15) is 0 Å². The van der Waals surface area contributed by atoms with E-state index in [4.69, 9.17) is 4.74 Å². The quantitative estimate of drug-likeness (QED) is 0.0495. The van der Waals surface area contributed by atoms with E-state index < -0.39 is 0 Å². The van der Waals surface area contributed by atoms with Crippen LogP contribution in [0, 0.1) is 46.3 Å². The first kappa shape index (κ1) is 48.8. The highest BCUT2D eigenvalue weighted by molar-refractivity contribution is 5.69. The van der Waals surface area contributed by atoms with E-state index in [0.717, 1.165) is 119 Å². The van der Waals surface area contributed by atoms with Gasteiger partial charge in [0.2, 0.25) is 0 Å². The van der Waals surface area contributed by atoms with Crippen LogP contribution < -0.4 is 0 Å². The molecule has 0 spiro atoms. The maximum absolute atomic E-state index is 12.9. The van der Waals surface area contributed by atoms with E-state index >= 15 is 0 Å². The molecule has 0 saturated heterocycles. The maximum Gasteiger partial charge on any atom is 0.306 e. The molecule has 4 aliphatic carbocycles. The van der Waals surface area contributed by atoms with Crippen molar-refractivity contribution in [1.29, 1.82) is 0 Å². The van der Waals surface area contributed by atoms with Crippen molar-refractivity contribution in [3.05, 3.63) is 109 Å². The van der Waals surface area contributed by atoms with E-state index in [0.29, 0.717) is 17.3 Å². The number of unbranched alkanes of at least 4 members (excludes halogenated alkanes) is 2. The van der Waals surface area contributed by atoms with Crippen LogP contribution in [0.5, 0.6) is 0 Å². The van der Waals surface area contributed by atoms with Gasteiger partial charge in [-0.15, -0.1) is 0 Å². The van der Waals surface area contributed by atoms with E-state index in [1.54, 1.807) is 5.57 Å². The van der Waals surface area contributed by atoms with Crippen LogP contribution in [0.1, 0.15) is 189 Å². The Morgan fingerprint density at radius 1 is 0.661 bits per heavy atom. The Balaban J connectivity index is 1.02. The molecule has 0 amide bonds. The fourth-order valence-electron chi connectivity index (χ4n) is 11.7. The van der Waals surface area contributed by atoms with Gasteiger partial charge in [0.1, 0.15) is 6.10 Å². The minimum absolute atomic E-state index is 0.0159. The van der Waals surface area contributed by atoms with Crippen molar-refractivity contribution in [3.8, 4) is 0 Å². The highest BCUT2D eigenvalue weighted by Gasteiger charge is 2.59. The summed E-state index contributed by atoms with van der Waals surface area (Å²) in [5, 5.41) is 0. The molecule has 0 heterocycles. The van der Waals surface area contributed by atoms with E-state index in [2.05, 4.69) is 145 Å².